The number of aromatic hydroxyl groups is 1. The second-order valence-corrected chi connectivity index (χ2v) is 8.18. The van der Waals surface area contributed by atoms with Crippen molar-refractivity contribution in [3.05, 3.63) is 30.5 Å². The van der Waals surface area contributed by atoms with Gasteiger partial charge in [0, 0.05) is 24.6 Å². The van der Waals surface area contributed by atoms with E-state index in [0.29, 0.717) is 37.6 Å². The number of phenols is 1. The molecule has 4 rings (SSSR count). The number of aliphatic hydroxyl groups is 1. The zero-order valence-corrected chi connectivity index (χ0v) is 18.5. The Bertz CT molecular complexity index is 1030. The number of ether oxygens (including phenoxy) is 3. The number of hydrogen-bond acceptors (Lipinski definition) is 8. The third-order valence-electron chi connectivity index (χ3n) is 5.33. The highest BCUT2D eigenvalue weighted by molar-refractivity contribution is 5.93. The fourth-order valence-corrected chi connectivity index (χ4v) is 3.73. The second kappa shape index (κ2) is 10.2. The number of rotatable bonds is 9. The van der Waals surface area contributed by atoms with E-state index in [4.69, 9.17) is 19.3 Å². The molecule has 172 valence electrons. The first-order chi connectivity index (χ1) is 15.5. The van der Waals surface area contributed by atoms with E-state index >= 15 is 0 Å². The number of nitrogens with zero attached hydrogens (tertiary/aromatic N) is 4. The first-order valence-electron chi connectivity index (χ1n) is 11.1. The lowest BCUT2D eigenvalue weighted by Crippen LogP contribution is -2.19. The first kappa shape index (κ1) is 22.4. The summed E-state index contributed by atoms with van der Waals surface area (Å²) in [5.41, 5.74) is 2.14. The molecule has 32 heavy (non-hydrogen) atoms. The summed E-state index contributed by atoms with van der Waals surface area (Å²) in [6.45, 7) is 5.09. The van der Waals surface area contributed by atoms with E-state index in [-0.39, 0.29) is 24.1 Å². The molecule has 1 aromatic carbocycles. The van der Waals surface area contributed by atoms with E-state index in [1.807, 2.05) is 17.7 Å². The van der Waals surface area contributed by atoms with Gasteiger partial charge in [-0.2, -0.15) is 10.1 Å². The highest BCUT2D eigenvalue weighted by Gasteiger charge is 2.23. The minimum atomic E-state index is -0.487. The Morgan fingerprint density at radius 3 is 2.91 bits per heavy atom. The molecule has 3 aromatic rings. The molecular weight excluding hydrogens is 412 g/mol. The van der Waals surface area contributed by atoms with Gasteiger partial charge in [0.1, 0.15) is 17.5 Å². The van der Waals surface area contributed by atoms with Crippen LogP contribution in [0.4, 0.5) is 0 Å². The van der Waals surface area contributed by atoms with Crippen LogP contribution in [0.2, 0.25) is 0 Å². The Kier molecular flexibility index (Phi) is 7.19. The van der Waals surface area contributed by atoms with Crippen molar-refractivity contribution in [2.24, 2.45) is 0 Å². The molecule has 0 bridgehead atoms. The van der Waals surface area contributed by atoms with Gasteiger partial charge in [-0.3, -0.25) is 0 Å². The number of benzene rings is 1. The lowest BCUT2D eigenvalue weighted by molar-refractivity contribution is -0.0365. The van der Waals surface area contributed by atoms with Crippen molar-refractivity contribution in [2.45, 2.75) is 58.0 Å². The molecule has 0 aliphatic carbocycles. The highest BCUT2D eigenvalue weighted by atomic mass is 16.5. The van der Waals surface area contributed by atoms with E-state index in [1.165, 1.54) is 0 Å². The monoisotopic (exact) mass is 442 g/mol. The van der Waals surface area contributed by atoms with Crippen molar-refractivity contribution >= 4 is 10.9 Å². The maximum atomic E-state index is 10.1. The molecule has 0 amide bonds. The first-order valence-corrected chi connectivity index (χ1v) is 11.1. The van der Waals surface area contributed by atoms with Gasteiger partial charge < -0.3 is 24.4 Å². The predicted molar refractivity (Wildman–Crippen MR) is 118 cm³/mol. The van der Waals surface area contributed by atoms with Gasteiger partial charge in [-0.25, -0.2) is 9.67 Å². The topological polar surface area (TPSA) is 112 Å². The van der Waals surface area contributed by atoms with Crippen molar-refractivity contribution < 1.29 is 24.4 Å². The molecule has 0 radical (unpaired) electrons. The Morgan fingerprint density at radius 2 is 2.12 bits per heavy atom. The lowest BCUT2D eigenvalue weighted by Gasteiger charge is -2.23. The average molecular weight is 443 g/mol. The van der Waals surface area contributed by atoms with Gasteiger partial charge in [0.05, 0.1) is 30.5 Å². The van der Waals surface area contributed by atoms with Crippen molar-refractivity contribution in [3.8, 4) is 23.1 Å². The minimum absolute atomic E-state index is 0.135. The molecule has 0 spiro atoms. The SMILES string of the molecule is C[C@H](CCOC[C@@H](C)O)Oc1nccc(-c2nn(C3CCCCO3)c3ccc(O)cc23)n1. The van der Waals surface area contributed by atoms with E-state index in [1.54, 1.807) is 31.3 Å². The van der Waals surface area contributed by atoms with Crippen LogP contribution in [0.1, 0.15) is 45.8 Å². The number of hydrogen-bond donors (Lipinski definition) is 2. The van der Waals surface area contributed by atoms with Crippen LogP contribution in [0.3, 0.4) is 0 Å². The van der Waals surface area contributed by atoms with Gasteiger partial charge in [0.25, 0.3) is 0 Å². The average Bonchev–Trinajstić information content (AvgIpc) is 3.16. The van der Waals surface area contributed by atoms with Crippen LogP contribution in [-0.4, -0.2) is 62.0 Å². The molecule has 2 N–H and O–H groups in total. The van der Waals surface area contributed by atoms with Gasteiger partial charge >= 0.3 is 6.01 Å². The molecular formula is C23H30N4O5. The van der Waals surface area contributed by atoms with Crippen LogP contribution >= 0.6 is 0 Å². The normalized spacial score (nSPS) is 18.5. The summed E-state index contributed by atoms with van der Waals surface area (Å²) in [6.07, 6.45) is 4.53. The number of aromatic nitrogens is 4. The molecule has 3 heterocycles. The smallest absolute Gasteiger partial charge is 0.317 e. The van der Waals surface area contributed by atoms with Crippen LogP contribution in [0.5, 0.6) is 11.8 Å². The third kappa shape index (κ3) is 5.35. The molecule has 1 saturated heterocycles. The molecule has 0 saturated carbocycles. The van der Waals surface area contributed by atoms with E-state index in [0.717, 1.165) is 30.2 Å². The van der Waals surface area contributed by atoms with Gasteiger partial charge in [0.15, 0.2) is 6.23 Å². The number of aliphatic hydroxyl groups excluding tert-OH is 1. The highest BCUT2D eigenvalue weighted by Crippen LogP contribution is 2.34. The Hall–Kier alpha value is -2.75. The Morgan fingerprint density at radius 1 is 1.25 bits per heavy atom. The molecule has 1 fully saturated rings. The van der Waals surface area contributed by atoms with Crippen LogP contribution in [0.25, 0.3) is 22.3 Å². The van der Waals surface area contributed by atoms with Gasteiger partial charge in [0.2, 0.25) is 0 Å². The standard InChI is InChI=1S/C23H30N4O5/c1-15(28)14-30-12-9-16(2)32-23-24-10-8-19(25-23)22-18-13-17(29)6-7-20(18)27(26-22)21-5-3-4-11-31-21/h6-8,10,13,15-16,21,28-29H,3-5,9,11-12,14H2,1-2H3/t15-,16-,21?/m1/s1. The minimum Gasteiger partial charge on any atom is -0.508 e. The van der Waals surface area contributed by atoms with E-state index < -0.39 is 6.10 Å². The summed E-state index contributed by atoms with van der Waals surface area (Å²) in [4.78, 5) is 8.80. The summed E-state index contributed by atoms with van der Waals surface area (Å²) in [5, 5.41) is 24.9. The fourth-order valence-electron chi connectivity index (χ4n) is 3.73. The summed E-state index contributed by atoms with van der Waals surface area (Å²) < 4.78 is 19.1. The van der Waals surface area contributed by atoms with Crippen molar-refractivity contribution in [1.82, 2.24) is 19.7 Å². The Balaban J connectivity index is 1.56. The fraction of sp³-hybridized carbons (Fsp3) is 0.522. The summed E-state index contributed by atoms with van der Waals surface area (Å²) in [7, 11) is 0. The number of fused-ring (bicyclic) bond motifs is 1. The zero-order chi connectivity index (χ0) is 22.5. The van der Waals surface area contributed by atoms with Crippen LogP contribution in [0.15, 0.2) is 30.5 Å². The third-order valence-corrected chi connectivity index (χ3v) is 5.33. The molecule has 1 aliphatic rings. The molecule has 1 aliphatic heterocycles. The van der Waals surface area contributed by atoms with Crippen molar-refractivity contribution in [1.29, 1.82) is 0 Å². The summed E-state index contributed by atoms with van der Waals surface area (Å²) in [6, 6.07) is 7.24. The molecule has 3 atom stereocenters. The van der Waals surface area contributed by atoms with Crippen LogP contribution in [0, 0.1) is 0 Å². The maximum Gasteiger partial charge on any atom is 0.317 e. The van der Waals surface area contributed by atoms with Gasteiger partial charge in [-0.1, -0.05) is 0 Å². The summed E-state index contributed by atoms with van der Waals surface area (Å²) in [5.74, 6) is 0.166. The Labute approximate surface area is 187 Å². The van der Waals surface area contributed by atoms with Gasteiger partial charge in [-0.05, 0) is 57.4 Å². The van der Waals surface area contributed by atoms with Crippen LogP contribution in [-0.2, 0) is 9.47 Å². The molecule has 9 heteroatoms. The van der Waals surface area contributed by atoms with Crippen molar-refractivity contribution in [2.75, 3.05) is 19.8 Å². The molecule has 1 unspecified atom stereocenters. The largest absolute Gasteiger partial charge is 0.508 e. The van der Waals surface area contributed by atoms with E-state index in [2.05, 4.69) is 9.97 Å². The van der Waals surface area contributed by atoms with Crippen molar-refractivity contribution in [3.63, 3.8) is 0 Å². The second-order valence-electron chi connectivity index (χ2n) is 8.18. The molecule has 9 nitrogen and oxygen atoms in total. The number of phenolic OH excluding ortho intramolecular Hbond substituents is 1. The van der Waals surface area contributed by atoms with Gasteiger partial charge in [-0.15, -0.1) is 0 Å². The van der Waals surface area contributed by atoms with Crippen LogP contribution < -0.4 is 4.74 Å². The molecule has 2 aromatic heterocycles. The predicted octanol–water partition coefficient (Wildman–Crippen LogP) is 3.45. The summed E-state index contributed by atoms with van der Waals surface area (Å²) >= 11 is 0. The maximum absolute atomic E-state index is 10.1. The quantitative estimate of drug-likeness (QED) is 0.485. The lowest BCUT2D eigenvalue weighted by atomic mass is 10.1. The zero-order valence-electron chi connectivity index (χ0n) is 18.5. The van der Waals surface area contributed by atoms with E-state index in [9.17, 15) is 10.2 Å².